The van der Waals surface area contributed by atoms with Crippen LogP contribution in [0.3, 0.4) is 0 Å². The molecule has 3 rings (SSSR count). The van der Waals surface area contributed by atoms with Crippen molar-refractivity contribution < 1.29 is 9.84 Å². The first-order valence-corrected chi connectivity index (χ1v) is 8.86. The Balaban J connectivity index is 1.70. The predicted molar refractivity (Wildman–Crippen MR) is 97.7 cm³/mol. The maximum Gasteiger partial charge on any atom is 0.123 e. The zero-order chi connectivity index (χ0) is 17.6. The van der Waals surface area contributed by atoms with Crippen molar-refractivity contribution in [2.75, 3.05) is 40.4 Å². The number of aliphatic hydroxyl groups is 1. The van der Waals surface area contributed by atoms with Crippen molar-refractivity contribution in [3.8, 4) is 5.75 Å². The molecule has 0 radical (unpaired) electrons. The van der Waals surface area contributed by atoms with Gasteiger partial charge in [0.1, 0.15) is 5.75 Å². The lowest BCUT2D eigenvalue weighted by Gasteiger charge is -2.39. The minimum atomic E-state index is 0.249. The average Bonchev–Trinajstić information content (AvgIpc) is 3.11. The first-order chi connectivity index (χ1) is 12.2. The molecule has 0 unspecified atom stereocenters. The topological polar surface area (TPSA) is 53.8 Å². The Morgan fingerprint density at radius 1 is 1.28 bits per heavy atom. The van der Waals surface area contributed by atoms with E-state index in [9.17, 15) is 5.11 Å². The fraction of sp³-hybridized carbons (Fsp3) is 0.526. The van der Waals surface area contributed by atoms with E-state index in [2.05, 4.69) is 40.1 Å². The maximum absolute atomic E-state index is 9.26. The van der Waals surface area contributed by atoms with E-state index in [-0.39, 0.29) is 6.61 Å². The number of aromatic nitrogens is 2. The number of nitrogens with zero attached hydrogens (tertiary/aromatic N) is 4. The number of hydrogen-bond acceptors (Lipinski definition) is 5. The molecule has 136 valence electrons. The highest BCUT2D eigenvalue weighted by atomic mass is 16.5. The van der Waals surface area contributed by atoms with Crippen LogP contribution >= 0.6 is 0 Å². The second kappa shape index (κ2) is 8.47. The number of ether oxygens (including phenoxy) is 1. The van der Waals surface area contributed by atoms with Crippen LogP contribution in [0.5, 0.6) is 5.75 Å². The highest BCUT2D eigenvalue weighted by molar-refractivity contribution is 5.37. The minimum Gasteiger partial charge on any atom is -0.496 e. The Labute approximate surface area is 149 Å². The van der Waals surface area contributed by atoms with Crippen LogP contribution < -0.4 is 4.74 Å². The zero-order valence-corrected chi connectivity index (χ0v) is 15.1. The van der Waals surface area contributed by atoms with E-state index in [1.807, 2.05) is 16.9 Å². The fourth-order valence-corrected chi connectivity index (χ4v) is 3.50. The van der Waals surface area contributed by atoms with Gasteiger partial charge in [0.05, 0.1) is 13.7 Å². The van der Waals surface area contributed by atoms with Crippen LogP contribution in [-0.4, -0.2) is 71.1 Å². The van der Waals surface area contributed by atoms with E-state index >= 15 is 0 Å². The molecule has 1 aromatic carbocycles. The minimum absolute atomic E-state index is 0.249. The third-order valence-corrected chi connectivity index (χ3v) is 4.97. The van der Waals surface area contributed by atoms with Crippen molar-refractivity contribution in [1.82, 2.24) is 19.6 Å². The normalized spacial score (nSPS) is 19.2. The Morgan fingerprint density at radius 2 is 2.16 bits per heavy atom. The summed E-state index contributed by atoms with van der Waals surface area (Å²) in [5, 5.41) is 13.6. The molecule has 1 aliphatic heterocycles. The summed E-state index contributed by atoms with van der Waals surface area (Å²) in [4.78, 5) is 4.82. The van der Waals surface area contributed by atoms with Gasteiger partial charge >= 0.3 is 0 Å². The number of piperazine rings is 1. The molecule has 2 heterocycles. The summed E-state index contributed by atoms with van der Waals surface area (Å²) in [6.45, 7) is 4.97. The van der Waals surface area contributed by atoms with E-state index in [0.717, 1.165) is 43.9 Å². The van der Waals surface area contributed by atoms with Crippen molar-refractivity contribution in [3.05, 3.63) is 47.8 Å². The Bertz CT molecular complexity index is 659. The van der Waals surface area contributed by atoms with Gasteiger partial charge in [0.2, 0.25) is 0 Å². The predicted octanol–water partition coefficient (Wildman–Crippen LogP) is 1.44. The van der Waals surface area contributed by atoms with Gasteiger partial charge in [0.25, 0.3) is 0 Å². The largest absolute Gasteiger partial charge is 0.496 e. The number of aliphatic hydroxyl groups excluding tert-OH is 1. The summed E-state index contributed by atoms with van der Waals surface area (Å²) in [5.41, 5.74) is 2.43. The molecular formula is C19H28N4O2. The van der Waals surface area contributed by atoms with Crippen LogP contribution in [0, 0.1) is 0 Å². The van der Waals surface area contributed by atoms with E-state index < -0.39 is 0 Å². The molecule has 6 nitrogen and oxygen atoms in total. The lowest BCUT2D eigenvalue weighted by atomic mass is 10.1. The van der Waals surface area contributed by atoms with Crippen LogP contribution in [0.25, 0.3) is 0 Å². The molecule has 2 aromatic rings. The van der Waals surface area contributed by atoms with Gasteiger partial charge in [-0.25, -0.2) is 0 Å². The van der Waals surface area contributed by atoms with Crippen molar-refractivity contribution in [1.29, 1.82) is 0 Å². The smallest absolute Gasteiger partial charge is 0.123 e. The van der Waals surface area contributed by atoms with Gasteiger partial charge in [0.15, 0.2) is 0 Å². The number of hydrogen-bond donors (Lipinski definition) is 1. The molecule has 0 amide bonds. The van der Waals surface area contributed by atoms with Crippen LogP contribution in [0.1, 0.15) is 17.5 Å². The summed E-state index contributed by atoms with van der Waals surface area (Å²) in [5.74, 6) is 0.899. The summed E-state index contributed by atoms with van der Waals surface area (Å²) in [6.07, 6.45) is 4.59. The number of methoxy groups -OCH3 is 1. The van der Waals surface area contributed by atoms with E-state index in [1.165, 1.54) is 5.56 Å². The summed E-state index contributed by atoms with van der Waals surface area (Å²) < 4.78 is 7.42. The average molecular weight is 344 g/mol. The van der Waals surface area contributed by atoms with Gasteiger partial charge in [-0.3, -0.25) is 9.58 Å². The van der Waals surface area contributed by atoms with Crippen molar-refractivity contribution in [2.24, 2.45) is 0 Å². The van der Waals surface area contributed by atoms with Crippen molar-refractivity contribution in [2.45, 2.75) is 25.6 Å². The fourth-order valence-electron chi connectivity index (χ4n) is 3.50. The van der Waals surface area contributed by atoms with Crippen molar-refractivity contribution >= 4 is 0 Å². The lowest BCUT2D eigenvalue weighted by molar-refractivity contribution is 0.0743. The molecule has 25 heavy (non-hydrogen) atoms. The quantitative estimate of drug-likeness (QED) is 0.824. The number of benzene rings is 1. The Hall–Kier alpha value is -1.89. The van der Waals surface area contributed by atoms with E-state index in [1.54, 1.807) is 13.3 Å². The monoisotopic (exact) mass is 344 g/mol. The second-order valence-electron chi connectivity index (χ2n) is 6.73. The van der Waals surface area contributed by atoms with Gasteiger partial charge in [-0.15, -0.1) is 0 Å². The molecule has 1 atom stereocenters. The first kappa shape index (κ1) is 17.9. The maximum atomic E-state index is 9.26. The van der Waals surface area contributed by atoms with Gasteiger partial charge in [-0.2, -0.15) is 5.10 Å². The van der Waals surface area contributed by atoms with Crippen LogP contribution in [0.15, 0.2) is 36.7 Å². The molecule has 1 aliphatic rings. The molecule has 0 aliphatic carbocycles. The third kappa shape index (κ3) is 4.60. The molecule has 1 saturated heterocycles. The third-order valence-electron chi connectivity index (χ3n) is 4.97. The Morgan fingerprint density at radius 3 is 2.88 bits per heavy atom. The molecule has 1 fully saturated rings. The molecule has 0 spiro atoms. The summed E-state index contributed by atoms with van der Waals surface area (Å²) >= 11 is 0. The van der Waals surface area contributed by atoms with Gasteiger partial charge in [-0.05, 0) is 37.2 Å². The van der Waals surface area contributed by atoms with Crippen LogP contribution in [0.4, 0.5) is 0 Å². The molecule has 1 N–H and O–H groups in total. The molecular weight excluding hydrogens is 316 g/mol. The Kier molecular flexibility index (Phi) is 6.07. The van der Waals surface area contributed by atoms with Gasteiger partial charge in [0, 0.05) is 56.8 Å². The summed E-state index contributed by atoms with van der Waals surface area (Å²) in [6, 6.07) is 8.78. The molecule has 6 heteroatoms. The lowest BCUT2D eigenvalue weighted by Crippen LogP contribution is -2.51. The molecule has 0 saturated carbocycles. The van der Waals surface area contributed by atoms with Crippen LogP contribution in [-0.2, 0) is 13.1 Å². The highest BCUT2D eigenvalue weighted by Crippen LogP contribution is 2.22. The molecule has 1 aromatic heterocycles. The standard InChI is InChI=1S/C19H28N4O2/c1-21-9-10-22(15-18(21)6-11-24)13-16-4-5-19(25-2)17(12-16)14-23-8-3-7-20-23/h3-5,7-8,12,18,24H,6,9-11,13-15H2,1-2H3/t18-/m1/s1. The van der Waals surface area contributed by atoms with E-state index in [4.69, 9.17) is 4.74 Å². The number of likely N-dealkylation sites (N-methyl/N-ethyl adjacent to an activating group) is 1. The highest BCUT2D eigenvalue weighted by Gasteiger charge is 2.23. The summed E-state index contributed by atoms with van der Waals surface area (Å²) in [7, 11) is 3.86. The van der Waals surface area contributed by atoms with Crippen LogP contribution in [0.2, 0.25) is 0 Å². The van der Waals surface area contributed by atoms with Gasteiger partial charge < -0.3 is 14.7 Å². The number of rotatable bonds is 7. The zero-order valence-electron chi connectivity index (χ0n) is 15.1. The molecule has 0 bridgehead atoms. The second-order valence-corrected chi connectivity index (χ2v) is 6.73. The first-order valence-electron chi connectivity index (χ1n) is 8.86. The van der Waals surface area contributed by atoms with E-state index in [0.29, 0.717) is 12.6 Å². The van der Waals surface area contributed by atoms with Gasteiger partial charge in [-0.1, -0.05) is 6.07 Å². The SMILES string of the molecule is COc1ccc(CN2CCN(C)[C@H](CCO)C2)cc1Cn1cccn1. The van der Waals surface area contributed by atoms with Crippen molar-refractivity contribution in [3.63, 3.8) is 0 Å².